The number of anilines is 1. The van der Waals surface area contributed by atoms with Gasteiger partial charge in [-0.25, -0.2) is 19.3 Å². The van der Waals surface area contributed by atoms with Crippen molar-refractivity contribution in [3.63, 3.8) is 0 Å². The van der Waals surface area contributed by atoms with Gasteiger partial charge >= 0.3 is 0 Å². The monoisotopic (exact) mass is 293 g/mol. The molecule has 1 fully saturated rings. The third-order valence-electron chi connectivity index (χ3n) is 3.49. The number of nitrogens with zero attached hydrogens (tertiary/aromatic N) is 4. The largest absolute Gasteiger partial charge is 0.394 e. The number of hydrogen-bond donors (Lipinski definition) is 3. The van der Waals surface area contributed by atoms with Crippen LogP contribution in [0.3, 0.4) is 0 Å². The number of aliphatic hydroxyl groups excluding tert-OH is 2. The summed E-state index contributed by atoms with van der Waals surface area (Å²) in [5.74, 6) is 2.02. The number of halogens is 1. The second-order valence-corrected chi connectivity index (χ2v) is 4.65. The maximum atomic E-state index is 14.9. The molecule has 1 aliphatic heterocycles. The number of alkyl halides is 1. The molecule has 0 amide bonds. The van der Waals surface area contributed by atoms with E-state index in [0.717, 1.165) is 0 Å². The number of rotatable bonds is 2. The lowest BCUT2D eigenvalue weighted by molar-refractivity contribution is -0.0504. The van der Waals surface area contributed by atoms with Crippen molar-refractivity contribution in [2.45, 2.75) is 24.1 Å². The molecule has 3 heterocycles. The highest BCUT2D eigenvalue weighted by molar-refractivity contribution is 5.81. The van der Waals surface area contributed by atoms with Crippen LogP contribution < -0.4 is 5.73 Å². The first-order valence-electron chi connectivity index (χ1n) is 6.07. The van der Waals surface area contributed by atoms with Crippen molar-refractivity contribution in [3.8, 4) is 12.3 Å². The summed E-state index contributed by atoms with van der Waals surface area (Å²) in [5.41, 5.74) is 3.62. The highest BCUT2D eigenvalue weighted by atomic mass is 19.1. The summed E-state index contributed by atoms with van der Waals surface area (Å²) >= 11 is 0. The van der Waals surface area contributed by atoms with Crippen LogP contribution in [0.4, 0.5) is 10.2 Å². The van der Waals surface area contributed by atoms with Crippen molar-refractivity contribution < 1.29 is 19.3 Å². The van der Waals surface area contributed by atoms with E-state index < -0.39 is 30.7 Å². The van der Waals surface area contributed by atoms with Crippen LogP contribution in [0.1, 0.15) is 6.23 Å². The van der Waals surface area contributed by atoms with Gasteiger partial charge in [-0.3, -0.25) is 4.57 Å². The predicted octanol–water partition coefficient (Wildman–Crippen LogP) is -0.999. The van der Waals surface area contributed by atoms with E-state index in [1.165, 1.54) is 17.2 Å². The third kappa shape index (κ3) is 1.77. The fourth-order valence-electron chi connectivity index (χ4n) is 2.36. The lowest BCUT2D eigenvalue weighted by Gasteiger charge is -2.23. The quantitative estimate of drug-likeness (QED) is 0.607. The van der Waals surface area contributed by atoms with E-state index in [1.807, 2.05) is 5.92 Å². The van der Waals surface area contributed by atoms with E-state index in [-0.39, 0.29) is 17.0 Å². The first-order chi connectivity index (χ1) is 10.0. The lowest BCUT2D eigenvalue weighted by Crippen LogP contribution is -2.42. The molecule has 1 aliphatic rings. The zero-order chi connectivity index (χ0) is 15.2. The Hall–Kier alpha value is -2.28. The normalized spacial score (nSPS) is 32.4. The molecular formula is C12H12FN5O3. The van der Waals surface area contributed by atoms with Gasteiger partial charge in [0.2, 0.25) is 5.67 Å². The molecule has 21 heavy (non-hydrogen) atoms. The molecule has 4 atom stereocenters. The molecule has 1 saturated heterocycles. The number of nitrogens with two attached hydrogens (primary N) is 1. The van der Waals surface area contributed by atoms with Crippen molar-refractivity contribution in [2.24, 2.45) is 0 Å². The minimum Gasteiger partial charge on any atom is -0.394 e. The molecule has 0 aromatic carbocycles. The van der Waals surface area contributed by atoms with Crippen LogP contribution in [-0.2, 0) is 4.74 Å². The van der Waals surface area contributed by atoms with Gasteiger partial charge in [0.15, 0.2) is 17.7 Å². The van der Waals surface area contributed by atoms with E-state index >= 15 is 0 Å². The van der Waals surface area contributed by atoms with Crippen LogP contribution in [0.15, 0.2) is 12.7 Å². The molecule has 2 aromatic rings. The highest BCUT2D eigenvalue weighted by Crippen LogP contribution is 2.42. The summed E-state index contributed by atoms with van der Waals surface area (Å²) in [4.78, 5) is 11.7. The summed E-state index contributed by atoms with van der Waals surface area (Å²) in [6, 6.07) is 0. The van der Waals surface area contributed by atoms with Gasteiger partial charge in [0, 0.05) is 0 Å². The molecule has 0 unspecified atom stereocenters. The van der Waals surface area contributed by atoms with Crippen molar-refractivity contribution in [2.75, 3.05) is 12.3 Å². The molecule has 110 valence electrons. The molecule has 2 aromatic heterocycles. The fraction of sp³-hybridized carbons (Fsp3) is 0.417. The molecule has 9 heteroatoms. The van der Waals surface area contributed by atoms with Gasteiger partial charge in [-0.15, -0.1) is 6.42 Å². The molecule has 0 saturated carbocycles. The van der Waals surface area contributed by atoms with Crippen molar-refractivity contribution in [1.29, 1.82) is 0 Å². The van der Waals surface area contributed by atoms with E-state index in [1.54, 1.807) is 0 Å². The number of fused-ring (bicyclic) bond motifs is 1. The Labute approximate surface area is 118 Å². The Morgan fingerprint density at radius 1 is 1.52 bits per heavy atom. The van der Waals surface area contributed by atoms with Crippen molar-refractivity contribution in [3.05, 3.63) is 12.7 Å². The van der Waals surface area contributed by atoms with Crippen LogP contribution in [-0.4, -0.2) is 54.2 Å². The van der Waals surface area contributed by atoms with Crippen LogP contribution >= 0.6 is 0 Å². The molecule has 4 N–H and O–H groups in total. The zero-order valence-electron chi connectivity index (χ0n) is 10.7. The number of terminal acetylenes is 1. The Balaban J connectivity index is 2.14. The van der Waals surface area contributed by atoms with Gasteiger partial charge < -0.3 is 20.7 Å². The average molecular weight is 293 g/mol. The van der Waals surface area contributed by atoms with Crippen molar-refractivity contribution in [1.82, 2.24) is 19.5 Å². The Kier molecular flexibility index (Phi) is 3.02. The van der Waals surface area contributed by atoms with E-state index in [9.17, 15) is 9.50 Å². The maximum Gasteiger partial charge on any atom is 0.243 e. The SMILES string of the molecule is C#C[C@@]1(F)[C@H](O)[C@@H](CO)O[C@@H]1n1cnc2c(N)ncnc21. The summed E-state index contributed by atoms with van der Waals surface area (Å²) in [7, 11) is 0. The number of aliphatic hydroxyl groups is 2. The molecule has 0 spiro atoms. The smallest absolute Gasteiger partial charge is 0.243 e. The van der Waals surface area contributed by atoms with E-state index in [2.05, 4.69) is 15.0 Å². The van der Waals surface area contributed by atoms with E-state index in [4.69, 9.17) is 22.0 Å². The van der Waals surface area contributed by atoms with Gasteiger partial charge in [-0.1, -0.05) is 5.92 Å². The lowest BCUT2D eigenvalue weighted by atomic mass is 9.97. The molecule has 8 nitrogen and oxygen atoms in total. The number of ether oxygens (including phenoxy) is 1. The molecule has 0 aliphatic carbocycles. The summed E-state index contributed by atoms with van der Waals surface area (Å²) in [5, 5.41) is 19.1. The standard InChI is InChI=1S/C12H12FN5O3/c1-2-12(13)8(20)6(3-19)21-11(12)18-5-17-7-9(14)15-4-16-10(7)18/h1,4-6,8,11,19-20H,3H2,(H2,14,15,16)/t6-,8-,11+,12-/m1/s1. The number of hydrogen-bond acceptors (Lipinski definition) is 7. The molecule has 3 rings (SSSR count). The fourth-order valence-corrected chi connectivity index (χ4v) is 2.36. The van der Waals surface area contributed by atoms with Crippen LogP contribution in [0.2, 0.25) is 0 Å². The van der Waals surface area contributed by atoms with Crippen LogP contribution in [0.5, 0.6) is 0 Å². The first kappa shape index (κ1) is 13.7. The summed E-state index contributed by atoms with van der Waals surface area (Å²) in [6.45, 7) is -0.575. The first-order valence-corrected chi connectivity index (χ1v) is 6.07. The Bertz CT molecular complexity index is 729. The van der Waals surface area contributed by atoms with Gasteiger partial charge in [-0.2, -0.15) is 0 Å². The van der Waals surface area contributed by atoms with Gasteiger partial charge in [0.25, 0.3) is 0 Å². The number of imidazole rings is 1. The van der Waals surface area contributed by atoms with Gasteiger partial charge in [-0.05, 0) is 0 Å². The van der Waals surface area contributed by atoms with Gasteiger partial charge in [0.05, 0.1) is 12.9 Å². The molecule has 0 bridgehead atoms. The number of nitrogen functional groups attached to an aromatic ring is 1. The Morgan fingerprint density at radius 2 is 2.29 bits per heavy atom. The second kappa shape index (κ2) is 4.63. The average Bonchev–Trinajstić information content (AvgIpc) is 3.01. The second-order valence-electron chi connectivity index (χ2n) is 4.65. The van der Waals surface area contributed by atoms with E-state index in [0.29, 0.717) is 0 Å². The number of aromatic nitrogens is 4. The highest BCUT2D eigenvalue weighted by Gasteiger charge is 2.57. The minimum absolute atomic E-state index is 0.126. The third-order valence-corrected chi connectivity index (χ3v) is 3.49. The Morgan fingerprint density at radius 3 is 2.95 bits per heavy atom. The van der Waals surface area contributed by atoms with Crippen molar-refractivity contribution >= 4 is 17.0 Å². The maximum absolute atomic E-state index is 14.9. The van der Waals surface area contributed by atoms with Gasteiger partial charge in [0.1, 0.15) is 24.1 Å². The summed E-state index contributed by atoms with van der Waals surface area (Å²) < 4.78 is 21.4. The van der Waals surface area contributed by atoms with Crippen LogP contribution in [0.25, 0.3) is 11.2 Å². The molecule has 0 radical (unpaired) electrons. The molecular weight excluding hydrogens is 281 g/mol. The predicted molar refractivity (Wildman–Crippen MR) is 69.4 cm³/mol. The summed E-state index contributed by atoms with van der Waals surface area (Å²) in [6.07, 6.45) is 3.45. The topological polar surface area (TPSA) is 119 Å². The minimum atomic E-state index is -2.53. The zero-order valence-corrected chi connectivity index (χ0v) is 10.7. The van der Waals surface area contributed by atoms with Crippen LogP contribution in [0, 0.1) is 12.3 Å².